The molecule has 0 amide bonds. The van der Waals surface area contributed by atoms with Gasteiger partial charge in [-0.2, -0.15) is 0 Å². The van der Waals surface area contributed by atoms with Gasteiger partial charge < -0.3 is 0 Å². The Morgan fingerprint density at radius 2 is 0.653 bits per heavy atom. The third-order valence-electron chi connectivity index (χ3n) is 8.37. The van der Waals surface area contributed by atoms with Gasteiger partial charge in [-0.25, -0.2) is 0 Å². The van der Waals surface area contributed by atoms with Crippen LogP contribution in [0.5, 0.6) is 0 Å². The first kappa shape index (κ1) is 39.8. The quantitative estimate of drug-likeness (QED) is 0.101. The predicted octanol–water partition coefficient (Wildman–Crippen LogP) is 6.96. The zero-order chi connectivity index (χ0) is 34.0. The van der Waals surface area contributed by atoms with Crippen LogP contribution in [0.4, 0.5) is 0 Å². The summed E-state index contributed by atoms with van der Waals surface area (Å²) in [7, 11) is -2.63. The Bertz CT molecular complexity index is 1420. The first-order valence-corrected chi connectivity index (χ1v) is 20.8. The normalized spacial score (nSPS) is 10.7. The van der Waals surface area contributed by atoms with Gasteiger partial charge in [0.2, 0.25) is 0 Å². The maximum Gasteiger partial charge on any atom is 0.120 e. The van der Waals surface area contributed by atoms with Gasteiger partial charge in [0.05, 0.1) is 49.4 Å². The van der Waals surface area contributed by atoms with E-state index in [-0.39, 0.29) is 22.5 Å². The van der Waals surface area contributed by atoms with Crippen molar-refractivity contribution in [1.29, 1.82) is 0 Å². The van der Waals surface area contributed by atoms with Crippen molar-refractivity contribution < 1.29 is 17.1 Å². The van der Waals surface area contributed by atoms with Crippen LogP contribution < -0.4 is 43.0 Å². The molecule has 0 atom stereocenters. The van der Waals surface area contributed by atoms with Crippen LogP contribution in [-0.4, -0.2) is 18.5 Å². The van der Waals surface area contributed by atoms with E-state index in [0.29, 0.717) is 0 Å². The smallest absolute Gasteiger partial charge is 0.120 e. The average molecular weight is 743 g/mol. The molecule has 0 bridgehead atoms. The molecule has 6 aromatic carbocycles. The van der Waals surface area contributed by atoms with Crippen LogP contribution in [0, 0.1) is 15.2 Å². The molecule has 0 aliphatic rings. The summed E-state index contributed by atoms with van der Waals surface area (Å²) in [5.41, 5.74) is 11.6. The number of benzene rings is 6. The minimum Gasteiger partial charge on any atom is -0.120 e. The van der Waals surface area contributed by atoms with E-state index in [1.165, 1.54) is 44.2 Å². The molecule has 2 radical (unpaired) electrons. The molecular weight excluding hydrogens is 701 g/mol. The fourth-order valence-electron chi connectivity index (χ4n) is 6.26. The molecule has 0 saturated carbocycles. The fraction of sp³-hybridized carbons (Fsp3) is 0.122. The van der Waals surface area contributed by atoms with E-state index in [2.05, 4.69) is 189 Å². The van der Waals surface area contributed by atoms with Crippen LogP contribution in [-0.2, 0) is 17.1 Å². The maximum absolute atomic E-state index is 7.25. The summed E-state index contributed by atoms with van der Waals surface area (Å²) in [4.78, 5) is 14.5. The second kappa shape index (κ2) is 21.4. The van der Waals surface area contributed by atoms with E-state index >= 15 is 0 Å². The van der Waals surface area contributed by atoms with Gasteiger partial charge in [0.25, 0.3) is 0 Å². The zero-order valence-corrected chi connectivity index (χ0v) is 31.5. The molecule has 0 heterocycles. The number of nitrogens with zero attached hydrogens (tertiary/aromatic N) is 2. The Morgan fingerprint density at radius 1 is 0.429 bits per heavy atom. The van der Waals surface area contributed by atoms with Crippen molar-refractivity contribution in [3.63, 3.8) is 0 Å². The van der Waals surface area contributed by atoms with Gasteiger partial charge in [-0.15, -0.1) is 9.81 Å². The molecule has 248 valence electrons. The number of hydrogen-bond acceptors (Lipinski definition) is 2. The summed E-state index contributed by atoms with van der Waals surface area (Å²) < 4.78 is 0. The van der Waals surface area contributed by atoms with Crippen molar-refractivity contribution in [1.82, 2.24) is 11.2 Å². The molecule has 8 heteroatoms. The predicted molar refractivity (Wildman–Crippen MR) is 214 cm³/mol. The fourth-order valence-corrected chi connectivity index (χ4v) is 15.7. The van der Waals surface area contributed by atoms with Crippen LogP contribution in [0.15, 0.2) is 182 Å². The minimum absolute atomic E-state index is 0. The summed E-state index contributed by atoms with van der Waals surface area (Å²) in [6, 6.07) is 68.1. The Morgan fingerprint density at radius 3 is 0.898 bits per heavy atom. The minimum atomic E-state index is -1.05. The second-order valence-corrected chi connectivity index (χ2v) is 19.0. The average Bonchev–Trinajstić information content (AvgIpc) is 3.19. The number of nitroso groups, excluding NO2 is 2. The molecule has 0 aromatic heterocycles. The molecule has 6 aromatic rings. The van der Waals surface area contributed by atoms with Gasteiger partial charge in [-0.1, -0.05) is 140 Å². The first-order chi connectivity index (χ1) is 23.7. The Hall–Kier alpha value is -3.67. The third kappa shape index (κ3) is 11.4. The molecular formula is C41H41FeN2O2P3+2. The van der Waals surface area contributed by atoms with Gasteiger partial charge >= 0.3 is 0 Å². The molecule has 0 fully saturated rings. The molecule has 0 aliphatic carbocycles. The van der Waals surface area contributed by atoms with Crippen LogP contribution in [0.25, 0.3) is 0 Å². The van der Waals surface area contributed by atoms with E-state index < -0.39 is 23.8 Å². The molecule has 0 aliphatic heterocycles. The van der Waals surface area contributed by atoms with Gasteiger partial charge in [-0.3, -0.25) is 0 Å². The number of hydrogen-bond donors (Lipinski definition) is 0. The van der Waals surface area contributed by atoms with Crippen molar-refractivity contribution >= 4 is 55.6 Å². The second-order valence-electron chi connectivity index (χ2n) is 11.8. The van der Waals surface area contributed by atoms with E-state index in [9.17, 15) is 0 Å². The molecule has 0 N–H and O–H groups in total. The Kier molecular flexibility index (Phi) is 17.4. The molecule has 6 rings (SSSR count). The summed E-state index contributed by atoms with van der Waals surface area (Å²) in [5, 5.41) is 8.97. The van der Waals surface area contributed by atoms with Crippen molar-refractivity contribution in [3.05, 3.63) is 192 Å². The van der Waals surface area contributed by atoms with Crippen molar-refractivity contribution in [2.75, 3.05) is 18.5 Å². The molecule has 0 saturated heterocycles. The van der Waals surface area contributed by atoms with Crippen LogP contribution >= 0.6 is 23.8 Å². The molecule has 4 nitrogen and oxygen atoms in total. The van der Waals surface area contributed by atoms with Gasteiger partial charge in [0.1, 0.15) is 11.2 Å². The van der Waals surface area contributed by atoms with Crippen LogP contribution in [0.2, 0.25) is 0 Å². The number of rotatable bonds is 12. The van der Waals surface area contributed by atoms with Gasteiger partial charge in [-0.05, 0) is 73.2 Å². The third-order valence-corrected chi connectivity index (χ3v) is 17.8. The van der Waals surface area contributed by atoms with Crippen LogP contribution in [0.3, 0.4) is 0 Å². The van der Waals surface area contributed by atoms with Crippen molar-refractivity contribution in [2.45, 2.75) is 6.92 Å². The van der Waals surface area contributed by atoms with E-state index in [1.807, 2.05) is 0 Å². The summed E-state index contributed by atoms with van der Waals surface area (Å²) in [6.45, 7) is 2.63. The molecule has 0 unspecified atom stereocenters. The standard InChI is InChI=1S/C41H39P3.Fe.2NO/c1-41(32-42(35-20-8-2-9-21-35)36-22-10-3-11-23-36,33-43(37-24-12-4-13-25-37)38-26-14-5-15-27-38)34-44(39-28-16-6-17-29-39)40-30-18-7-19-31-40;;2*1-2/h2-31H,32-34H2,1H3;;;/p+2. The monoisotopic (exact) mass is 742 g/mol. The summed E-state index contributed by atoms with van der Waals surface area (Å²) >= 11 is 0. The Balaban J connectivity index is 0.00000125. The Labute approximate surface area is 305 Å². The maximum atomic E-state index is 7.25. The molecule has 49 heavy (non-hydrogen) atoms. The van der Waals surface area contributed by atoms with Crippen molar-refractivity contribution in [3.8, 4) is 0 Å². The summed E-state index contributed by atoms with van der Waals surface area (Å²) in [6.07, 6.45) is 3.55. The first-order valence-electron chi connectivity index (χ1n) is 15.9. The van der Waals surface area contributed by atoms with Gasteiger partial charge in [0, 0.05) is 22.5 Å². The molecule has 0 spiro atoms. The van der Waals surface area contributed by atoms with Gasteiger partial charge in [0.15, 0.2) is 0 Å². The van der Waals surface area contributed by atoms with E-state index in [0.717, 1.165) is 6.16 Å². The van der Waals surface area contributed by atoms with Crippen LogP contribution in [0.1, 0.15) is 6.92 Å². The summed E-state index contributed by atoms with van der Waals surface area (Å²) in [5.74, 6) is 0. The zero-order valence-electron chi connectivity index (χ0n) is 27.5. The van der Waals surface area contributed by atoms with Crippen molar-refractivity contribution in [2.24, 2.45) is 5.41 Å². The van der Waals surface area contributed by atoms with E-state index in [4.69, 9.17) is 21.0 Å². The SMILES string of the molecule is CC(CP(c1ccccc1)c1ccccc1)(C[PH+](c1ccccc1)c1ccccc1)C[PH+](c1ccccc1)c1ccccc1.[Fe].[N]=O.[N]=O. The largest absolute Gasteiger partial charge is 0.120 e. The van der Waals surface area contributed by atoms with E-state index in [1.54, 1.807) is 0 Å². The topological polar surface area (TPSA) is 78.7 Å².